The van der Waals surface area contributed by atoms with E-state index < -0.39 is 5.41 Å². The minimum absolute atomic E-state index is 0.163. The molecule has 2 heteroatoms. The van der Waals surface area contributed by atoms with Crippen LogP contribution in [0.1, 0.15) is 72.2 Å². The summed E-state index contributed by atoms with van der Waals surface area (Å²) in [6, 6.07) is 83.1. The van der Waals surface area contributed by atoms with Gasteiger partial charge in [-0.2, -0.15) is 0 Å². The molecule has 1 aliphatic heterocycles. The van der Waals surface area contributed by atoms with Gasteiger partial charge in [-0.15, -0.1) is 0 Å². The highest BCUT2D eigenvalue weighted by molar-refractivity contribution is 6.14. The van der Waals surface area contributed by atoms with Crippen molar-refractivity contribution in [1.29, 1.82) is 0 Å². The lowest BCUT2D eigenvalue weighted by molar-refractivity contribution is 0.660. The van der Waals surface area contributed by atoms with Crippen molar-refractivity contribution in [1.82, 2.24) is 4.57 Å². The van der Waals surface area contributed by atoms with Gasteiger partial charge in [-0.3, -0.25) is 0 Å². The van der Waals surface area contributed by atoms with Crippen molar-refractivity contribution in [3.05, 3.63) is 263 Å². The van der Waals surface area contributed by atoms with E-state index in [1.807, 2.05) is 0 Å². The number of hydrogen-bond donors (Lipinski definition) is 0. The highest BCUT2D eigenvalue weighted by atomic mass is 15.1. The highest BCUT2D eigenvalue weighted by Crippen LogP contribution is 2.63. The fraction of sp³-hybridized carbons (Fsp3) is 0.104. The molecule has 15 rings (SSSR count). The van der Waals surface area contributed by atoms with Crippen LogP contribution in [0.25, 0.3) is 72.0 Å². The zero-order chi connectivity index (χ0) is 46.0. The van der Waals surface area contributed by atoms with Crippen LogP contribution in [0.3, 0.4) is 0 Å². The van der Waals surface area contributed by atoms with Crippen molar-refractivity contribution < 1.29 is 0 Å². The van der Waals surface area contributed by atoms with Crippen LogP contribution in [0, 0.1) is 0 Å². The fourth-order valence-corrected chi connectivity index (χ4v) is 13.8. The van der Waals surface area contributed by atoms with Gasteiger partial charge in [-0.25, -0.2) is 0 Å². The van der Waals surface area contributed by atoms with Crippen LogP contribution >= 0.6 is 0 Å². The molecule has 0 amide bonds. The number of fused-ring (bicyclic) bond motifs is 18. The zero-order valence-electron chi connectivity index (χ0n) is 39.2. The molecule has 3 aliphatic carbocycles. The SMILES string of the molecule is CC1(C)c2ccccc2-c2ccc(N(c3ccc4c(c3)C(C)(C)c3ccccc3-4)c3ccccc3-c3cccc4c3-n3c5ccccc5c5cccc(c53)C43c4ccccc4-c4ccccc43)cc21. The summed E-state index contributed by atoms with van der Waals surface area (Å²) < 4.78 is 2.62. The highest BCUT2D eigenvalue weighted by Gasteiger charge is 2.51. The second-order valence-corrected chi connectivity index (χ2v) is 20.8. The summed E-state index contributed by atoms with van der Waals surface area (Å²) in [5.74, 6) is 0. The predicted molar refractivity (Wildman–Crippen MR) is 287 cm³/mol. The lowest BCUT2D eigenvalue weighted by Crippen LogP contribution is -2.33. The second-order valence-electron chi connectivity index (χ2n) is 20.8. The third-order valence-electron chi connectivity index (χ3n) is 16.8. The first-order valence-electron chi connectivity index (χ1n) is 24.5. The summed E-state index contributed by atoms with van der Waals surface area (Å²) >= 11 is 0. The van der Waals surface area contributed by atoms with E-state index in [0.717, 1.165) is 17.1 Å². The first kappa shape index (κ1) is 38.9. The Morgan fingerprint density at radius 2 is 0.739 bits per heavy atom. The average molecular weight is 881 g/mol. The van der Waals surface area contributed by atoms with Crippen LogP contribution in [0.5, 0.6) is 0 Å². The van der Waals surface area contributed by atoms with Gasteiger partial charge in [0.2, 0.25) is 0 Å². The summed E-state index contributed by atoms with van der Waals surface area (Å²) in [6.45, 7) is 9.56. The quantitative estimate of drug-likeness (QED) is 0.171. The Kier molecular flexibility index (Phi) is 7.60. The number of benzene rings is 10. The maximum atomic E-state index is 2.62. The minimum Gasteiger partial charge on any atom is -0.310 e. The average Bonchev–Trinajstić information content (AvgIpc) is 4.04. The van der Waals surface area contributed by atoms with E-state index in [1.54, 1.807) is 0 Å². The number of hydrogen-bond acceptors (Lipinski definition) is 1. The Morgan fingerprint density at radius 3 is 1.35 bits per heavy atom. The number of nitrogens with zero attached hydrogens (tertiary/aromatic N) is 2. The molecule has 1 spiro atoms. The van der Waals surface area contributed by atoms with Crippen molar-refractivity contribution >= 4 is 38.9 Å². The third-order valence-corrected chi connectivity index (χ3v) is 16.8. The topological polar surface area (TPSA) is 8.17 Å². The third kappa shape index (κ3) is 4.81. The fourth-order valence-electron chi connectivity index (χ4n) is 13.8. The van der Waals surface area contributed by atoms with E-state index in [1.165, 1.54) is 117 Å². The van der Waals surface area contributed by atoms with E-state index >= 15 is 0 Å². The van der Waals surface area contributed by atoms with Crippen LogP contribution in [-0.2, 0) is 16.2 Å². The van der Waals surface area contributed by atoms with Crippen molar-refractivity contribution in [2.75, 3.05) is 4.90 Å². The summed E-state index contributed by atoms with van der Waals surface area (Å²) in [7, 11) is 0. The van der Waals surface area contributed by atoms with E-state index in [-0.39, 0.29) is 10.8 Å². The Morgan fingerprint density at radius 1 is 0.319 bits per heavy atom. The lowest BCUT2D eigenvalue weighted by atomic mass is 9.65. The summed E-state index contributed by atoms with van der Waals surface area (Å²) in [6.07, 6.45) is 0. The van der Waals surface area contributed by atoms with E-state index in [9.17, 15) is 0 Å². The standard InChI is InChI=1S/C67H48N2/c1-65(2)53-27-11-5-19-43(53)47-37-35-41(39-59(47)65)68(42-36-38-48-44-20-6-12-28-54(44)66(3,4)60(48)40-42)61-33-15-9-23-49(61)51-25-17-31-57-63(51)69-62-34-16-10-24-50(62)52-26-18-32-58(64(52)69)67(57)55-29-13-7-21-45(55)46-22-8-14-30-56(46)67/h5-40H,1-4H3. The first-order chi connectivity index (χ1) is 33.8. The van der Waals surface area contributed by atoms with Crippen molar-refractivity contribution in [2.24, 2.45) is 0 Å². The van der Waals surface area contributed by atoms with Gasteiger partial charge in [-0.1, -0.05) is 210 Å². The van der Waals surface area contributed by atoms with Gasteiger partial charge in [0.05, 0.1) is 27.8 Å². The molecular formula is C67H48N2. The van der Waals surface area contributed by atoms with Gasteiger partial charge < -0.3 is 9.47 Å². The lowest BCUT2D eigenvalue weighted by Gasteiger charge is -2.40. The number of anilines is 3. The summed E-state index contributed by atoms with van der Waals surface area (Å²) in [5.41, 5.74) is 27.4. The van der Waals surface area contributed by atoms with Crippen molar-refractivity contribution in [2.45, 2.75) is 43.9 Å². The van der Waals surface area contributed by atoms with E-state index in [2.05, 4.69) is 256 Å². The molecule has 0 atom stereocenters. The van der Waals surface area contributed by atoms with Gasteiger partial charge in [0.15, 0.2) is 0 Å². The van der Waals surface area contributed by atoms with Gasteiger partial charge in [0.25, 0.3) is 0 Å². The predicted octanol–water partition coefficient (Wildman–Crippen LogP) is 17.2. The van der Waals surface area contributed by atoms with Crippen molar-refractivity contribution in [3.8, 4) is 50.2 Å². The van der Waals surface area contributed by atoms with Gasteiger partial charge in [0.1, 0.15) is 0 Å². The van der Waals surface area contributed by atoms with Crippen LogP contribution in [-0.4, -0.2) is 4.57 Å². The molecule has 0 bridgehead atoms. The van der Waals surface area contributed by atoms with Gasteiger partial charge >= 0.3 is 0 Å². The Labute approximate surface area is 403 Å². The maximum Gasteiger partial charge on any atom is 0.0754 e. The number of para-hydroxylation sites is 4. The molecule has 2 heterocycles. The molecule has 4 aliphatic rings. The second kappa shape index (κ2) is 13.5. The molecule has 11 aromatic rings. The summed E-state index contributed by atoms with van der Waals surface area (Å²) in [5, 5.41) is 2.55. The maximum absolute atomic E-state index is 2.62. The van der Waals surface area contributed by atoms with Crippen LogP contribution < -0.4 is 4.90 Å². The first-order valence-corrected chi connectivity index (χ1v) is 24.5. The molecule has 0 fully saturated rings. The number of aromatic nitrogens is 1. The van der Waals surface area contributed by atoms with Gasteiger partial charge in [0, 0.05) is 44.1 Å². The molecule has 69 heavy (non-hydrogen) atoms. The molecule has 1 aromatic heterocycles. The Bertz CT molecular complexity index is 3890. The Balaban J connectivity index is 1.04. The molecule has 326 valence electrons. The zero-order valence-corrected chi connectivity index (χ0v) is 39.2. The van der Waals surface area contributed by atoms with Gasteiger partial charge in [-0.05, 0) is 114 Å². The molecular weight excluding hydrogens is 833 g/mol. The van der Waals surface area contributed by atoms with Crippen LogP contribution in [0.2, 0.25) is 0 Å². The van der Waals surface area contributed by atoms with Crippen LogP contribution in [0.15, 0.2) is 218 Å². The Hall–Kier alpha value is -8.20. The number of rotatable bonds is 4. The smallest absolute Gasteiger partial charge is 0.0754 e. The van der Waals surface area contributed by atoms with E-state index in [4.69, 9.17) is 0 Å². The molecule has 0 unspecified atom stereocenters. The molecule has 2 nitrogen and oxygen atoms in total. The molecule has 0 saturated carbocycles. The largest absolute Gasteiger partial charge is 0.310 e. The van der Waals surface area contributed by atoms with E-state index in [0.29, 0.717) is 0 Å². The van der Waals surface area contributed by atoms with Crippen molar-refractivity contribution in [3.63, 3.8) is 0 Å². The van der Waals surface area contributed by atoms with Crippen LogP contribution in [0.4, 0.5) is 17.1 Å². The minimum atomic E-state index is -0.543. The molecule has 0 saturated heterocycles. The molecule has 10 aromatic carbocycles. The molecule has 0 N–H and O–H groups in total. The monoisotopic (exact) mass is 880 g/mol. The normalized spacial score (nSPS) is 15.3. The summed E-state index contributed by atoms with van der Waals surface area (Å²) in [4.78, 5) is 2.56. The molecule has 0 radical (unpaired) electrons.